The van der Waals surface area contributed by atoms with Crippen molar-refractivity contribution < 1.29 is 24.5 Å². The van der Waals surface area contributed by atoms with Crippen molar-refractivity contribution in [1.82, 2.24) is 5.32 Å². The van der Waals surface area contributed by atoms with Gasteiger partial charge in [0.05, 0.1) is 25.2 Å². The highest BCUT2D eigenvalue weighted by Gasteiger charge is 2.23. The molecule has 0 bridgehead atoms. The number of esters is 1. The van der Waals surface area contributed by atoms with Crippen molar-refractivity contribution >= 4 is 11.9 Å². The van der Waals surface area contributed by atoms with Gasteiger partial charge in [0, 0.05) is 12.8 Å². The van der Waals surface area contributed by atoms with Gasteiger partial charge in [0.1, 0.15) is 6.10 Å². The molecule has 0 aromatic heterocycles. The van der Waals surface area contributed by atoms with E-state index in [0.717, 1.165) is 70.6 Å². The number of hydrogen-bond acceptors (Lipinski definition) is 5. The zero-order chi connectivity index (χ0) is 44.5. The Balaban J connectivity index is 4.84. The van der Waals surface area contributed by atoms with Crippen molar-refractivity contribution in [2.75, 3.05) is 6.61 Å². The molecule has 0 fully saturated rings. The Morgan fingerprint density at radius 1 is 0.492 bits per heavy atom. The summed E-state index contributed by atoms with van der Waals surface area (Å²) in [5.74, 6) is -0.653. The molecule has 0 saturated carbocycles. The summed E-state index contributed by atoms with van der Waals surface area (Å²) >= 11 is 0. The van der Waals surface area contributed by atoms with Crippen molar-refractivity contribution in [3.05, 3.63) is 97.2 Å². The van der Waals surface area contributed by atoms with E-state index in [4.69, 9.17) is 4.74 Å². The van der Waals surface area contributed by atoms with E-state index in [-0.39, 0.29) is 31.3 Å². The first kappa shape index (κ1) is 57.8. The van der Waals surface area contributed by atoms with E-state index in [2.05, 4.69) is 111 Å². The van der Waals surface area contributed by atoms with E-state index >= 15 is 0 Å². The molecule has 0 aliphatic heterocycles. The quantitative estimate of drug-likeness (QED) is 0.0323. The summed E-state index contributed by atoms with van der Waals surface area (Å²) in [5, 5.41) is 23.6. The van der Waals surface area contributed by atoms with Crippen LogP contribution in [-0.2, 0) is 14.3 Å². The predicted octanol–water partition coefficient (Wildman–Crippen LogP) is 14.9. The second-order valence-electron chi connectivity index (χ2n) is 16.5. The first-order valence-corrected chi connectivity index (χ1v) is 25.0. The largest absolute Gasteiger partial charge is 0.461 e. The minimum atomic E-state index is -0.824. The fourth-order valence-corrected chi connectivity index (χ4v) is 6.81. The lowest BCUT2D eigenvalue weighted by Gasteiger charge is -2.24. The Morgan fingerprint density at radius 3 is 1.31 bits per heavy atom. The monoisotopic (exact) mass is 848 g/mol. The normalized spacial score (nSPS) is 14.1. The van der Waals surface area contributed by atoms with Gasteiger partial charge in [0.15, 0.2) is 0 Å². The number of amides is 1. The standard InChI is InChI=1S/C55H93NO5/c1-4-7-10-13-16-19-22-24-26-27-29-31-33-36-39-42-45-48-55(60)61-51(46-43-40-37-34-32-30-28-25-23-20-17-14-11-8-5-2)49-54(59)56-52(50-57)53(58)47-44-41-38-35-21-18-15-12-9-6-3/h16-17,19-20,24-26,28-29,31-32,34,36,39-40,43,51-53,57-58H,4-15,18,21-23,27,30,33,35,37-38,41-42,44-50H2,1-3H3,(H,56,59)/b19-16-,20-17-,26-24-,28-25-,31-29-,34-32-,39-36-,43-40-. The third kappa shape index (κ3) is 43.2. The molecule has 61 heavy (non-hydrogen) atoms. The fraction of sp³-hybridized carbons (Fsp3) is 0.673. The molecular weight excluding hydrogens is 755 g/mol. The Hall–Kier alpha value is -3.22. The zero-order valence-electron chi connectivity index (χ0n) is 39.5. The highest BCUT2D eigenvalue weighted by Crippen LogP contribution is 2.15. The number of aliphatic hydroxyl groups is 2. The number of allylic oxidation sites excluding steroid dienone is 15. The Kier molecular flexibility index (Phi) is 45.3. The summed E-state index contributed by atoms with van der Waals surface area (Å²) in [7, 11) is 0. The molecule has 3 unspecified atom stereocenters. The van der Waals surface area contributed by atoms with E-state index in [1.54, 1.807) is 0 Å². The van der Waals surface area contributed by atoms with Gasteiger partial charge in [-0.2, -0.15) is 0 Å². The molecule has 6 heteroatoms. The van der Waals surface area contributed by atoms with Crippen molar-refractivity contribution in [2.24, 2.45) is 0 Å². The van der Waals surface area contributed by atoms with Crippen molar-refractivity contribution in [3.63, 3.8) is 0 Å². The van der Waals surface area contributed by atoms with Gasteiger partial charge in [-0.15, -0.1) is 0 Å². The first-order chi connectivity index (χ1) is 30.0. The number of carbonyl (C=O) groups is 2. The number of hydrogen-bond donors (Lipinski definition) is 3. The number of aliphatic hydroxyl groups excluding tert-OH is 2. The van der Waals surface area contributed by atoms with Crippen LogP contribution in [0.5, 0.6) is 0 Å². The molecule has 0 aliphatic rings. The van der Waals surface area contributed by atoms with Gasteiger partial charge in [-0.3, -0.25) is 9.59 Å². The molecule has 0 rings (SSSR count). The van der Waals surface area contributed by atoms with Crippen LogP contribution in [0.15, 0.2) is 97.2 Å². The van der Waals surface area contributed by atoms with Crippen LogP contribution in [-0.4, -0.2) is 46.9 Å². The summed E-state index contributed by atoms with van der Waals surface area (Å²) in [6.45, 7) is 6.36. The van der Waals surface area contributed by atoms with Crippen LogP contribution in [0.25, 0.3) is 0 Å². The van der Waals surface area contributed by atoms with Crippen LogP contribution in [0.3, 0.4) is 0 Å². The molecule has 0 radical (unpaired) electrons. The molecular formula is C55H93NO5. The van der Waals surface area contributed by atoms with Crippen molar-refractivity contribution in [2.45, 2.75) is 232 Å². The average Bonchev–Trinajstić information content (AvgIpc) is 3.25. The highest BCUT2D eigenvalue weighted by atomic mass is 16.5. The molecule has 1 amide bonds. The Bertz CT molecular complexity index is 1220. The third-order valence-electron chi connectivity index (χ3n) is 10.6. The molecule has 3 atom stereocenters. The number of ether oxygens (including phenoxy) is 1. The van der Waals surface area contributed by atoms with Crippen LogP contribution in [0.1, 0.15) is 213 Å². The van der Waals surface area contributed by atoms with Gasteiger partial charge in [0.2, 0.25) is 5.91 Å². The molecule has 0 heterocycles. The van der Waals surface area contributed by atoms with Gasteiger partial charge >= 0.3 is 5.97 Å². The Morgan fingerprint density at radius 2 is 0.869 bits per heavy atom. The van der Waals surface area contributed by atoms with Gasteiger partial charge in [0.25, 0.3) is 0 Å². The van der Waals surface area contributed by atoms with Crippen LogP contribution >= 0.6 is 0 Å². The van der Waals surface area contributed by atoms with Gasteiger partial charge < -0.3 is 20.3 Å². The van der Waals surface area contributed by atoms with E-state index in [1.807, 2.05) is 12.2 Å². The number of nitrogens with one attached hydrogen (secondary N) is 1. The predicted molar refractivity (Wildman–Crippen MR) is 264 cm³/mol. The smallest absolute Gasteiger partial charge is 0.306 e. The molecule has 0 aromatic rings. The SMILES string of the molecule is CCCCC/C=C\C/C=C\C/C=C\C/C=C\CCCC(=O)OC(C/C=C\C/C=C\C/C=C\C/C=C\CCCCC)CC(=O)NC(CO)C(O)CCCCCCCCCCCC. The molecule has 0 saturated heterocycles. The second-order valence-corrected chi connectivity index (χ2v) is 16.5. The van der Waals surface area contributed by atoms with Gasteiger partial charge in [-0.1, -0.05) is 208 Å². The summed E-state index contributed by atoms with van der Waals surface area (Å²) in [4.78, 5) is 26.0. The molecule has 0 aliphatic carbocycles. The van der Waals surface area contributed by atoms with Crippen molar-refractivity contribution in [3.8, 4) is 0 Å². The van der Waals surface area contributed by atoms with Crippen LogP contribution in [0.4, 0.5) is 0 Å². The summed E-state index contributed by atoms with van der Waals surface area (Å²) in [6, 6.07) is -0.746. The van der Waals surface area contributed by atoms with Crippen molar-refractivity contribution in [1.29, 1.82) is 0 Å². The molecule has 348 valence electrons. The maximum Gasteiger partial charge on any atom is 0.306 e. The lowest BCUT2D eigenvalue weighted by atomic mass is 10.0. The zero-order valence-corrected chi connectivity index (χ0v) is 39.5. The van der Waals surface area contributed by atoms with Gasteiger partial charge in [-0.25, -0.2) is 0 Å². The lowest BCUT2D eigenvalue weighted by Crippen LogP contribution is -2.46. The van der Waals surface area contributed by atoms with Crippen LogP contribution in [0, 0.1) is 0 Å². The lowest BCUT2D eigenvalue weighted by molar-refractivity contribution is -0.150. The minimum absolute atomic E-state index is 0.0254. The minimum Gasteiger partial charge on any atom is -0.461 e. The van der Waals surface area contributed by atoms with Crippen LogP contribution in [0.2, 0.25) is 0 Å². The maximum atomic E-state index is 13.1. The van der Waals surface area contributed by atoms with E-state index < -0.39 is 18.2 Å². The Labute approximate surface area is 376 Å². The molecule has 0 aromatic carbocycles. The highest BCUT2D eigenvalue weighted by molar-refractivity contribution is 5.77. The number of carbonyl (C=O) groups excluding carboxylic acids is 2. The fourth-order valence-electron chi connectivity index (χ4n) is 6.81. The molecule has 6 nitrogen and oxygen atoms in total. The third-order valence-corrected chi connectivity index (χ3v) is 10.6. The summed E-state index contributed by atoms with van der Waals surface area (Å²) in [6.07, 6.45) is 63.4. The first-order valence-electron chi connectivity index (χ1n) is 25.0. The van der Waals surface area contributed by atoms with E-state index in [9.17, 15) is 19.8 Å². The van der Waals surface area contributed by atoms with Crippen LogP contribution < -0.4 is 5.32 Å². The molecule has 0 spiro atoms. The summed E-state index contributed by atoms with van der Waals surface area (Å²) < 4.78 is 5.83. The van der Waals surface area contributed by atoms with Gasteiger partial charge in [-0.05, 0) is 83.5 Å². The number of rotatable bonds is 43. The number of unbranched alkanes of at least 4 members (excludes halogenated alkanes) is 16. The average molecular weight is 848 g/mol. The topological polar surface area (TPSA) is 95.9 Å². The summed E-state index contributed by atoms with van der Waals surface area (Å²) in [5.41, 5.74) is 0. The van der Waals surface area contributed by atoms with E-state index in [0.29, 0.717) is 19.3 Å². The maximum absolute atomic E-state index is 13.1. The molecule has 3 N–H and O–H groups in total. The van der Waals surface area contributed by atoms with E-state index in [1.165, 1.54) is 89.9 Å². The second kappa shape index (κ2) is 47.8.